The van der Waals surface area contributed by atoms with Crippen LogP contribution in [0.1, 0.15) is 50.6 Å². The zero-order valence-electron chi connectivity index (χ0n) is 12.0. The number of rotatable bonds is 6. The first kappa shape index (κ1) is 14.4. The van der Waals surface area contributed by atoms with Gasteiger partial charge in [0.05, 0.1) is 18.2 Å². The fourth-order valence-corrected chi connectivity index (χ4v) is 2.98. The fourth-order valence-electron chi connectivity index (χ4n) is 2.98. The maximum absolute atomic E-state index is 6.51. The van der Waals surface area contributed by atoms with Gasteiger partial charge in [0.2, 0.25) is 0 Å². The Kier molecular flexibility index (Phi) is 4.83. The minimum Gasteiger partial charge on any atom is -0.493 e. The smallest absolute Gasteiger partial charge is 0.124 e. The molecule has 3 nitrogen and oxygen atoms in total. The van der Waals surface area contributed by atoms with E-state index in [0.29, 0.717) is 0 Å². The van der Waals surface area contributed by atoms with E-state index in [0.717, 1.165) is 37.2 Å². The second-order valence-corrected chi connectivity index (χ2v) is 5.34. The summed E-state index contributed by atoms with van der Waals surface area (Å²) in [7, 11) is 1.78. The molecule has 2 N–H and O–H groups in total. The van der Waals surface area contributed by atoms with Crippen molar-refractivity contribution < 1.29 is 9.47 Å². The van der Waals surface area contributed by atoms with Crippen LogP contribution in [0.15, 0.2) is 24.3 Å². The topological polar surface area (TPSA) is 44.5 Å². The van der Waals surface area contributed by atoms with E-state index in [2.05, 4.69) is 13.0 Å². The third-order valence-electron chi connectivity index (χ3n) is 4.14. The monoisotopic (exact) mass is 263 g/mol. The van der Waals surface area contributed by atoms with Gasteiger partial charge in [0.25, 0.3) is 0 Å². The van der Waals surface area contributed by atoms with Crippen molar-refractivity contribution >= 4 is 0 Å². The van der Waals surface area contributed by atoms with Crippen molar-refractivity contribution in [2.45, 2.75) is 50.7 Å². The Bertz CT molecular complexity index is 399. The lowest BCUT2D eigenvalue weighted by molar-refractivity contribution is -0.0270. The van der Waals surface area contributed by atoms with E-state index in [-0.39, 0.29) is 11.6 Å². The van der Waals surface area contributed by atoms with Gasteiger partial charge in [-0.2, -0.15) is 0 Å². The van der Waals surface area contributed by atoms with Gasteiger partial charge in [-0.3, -0.25) is 0 Å². The van der Waals surface area contributed by atoms with E-state index in [1.165, 1.54) is 12.8 Å². The molecule has 106 valence electrons. The van der Waals surface area contributed by atoms with Crippen LogP contribution < -0.4 is 10.5 Å². The van der Waals surface area contributed by atoms with Gasteiger partial charge >= 0.3 is 0 Å². The predicted molar refractivity (Wildman–Crippen MR) is 77.4 cm³/mol. The van der Waals surface area contributed by atoms with Gasteiger partial charge in [-0.1, -0.05) is 38.0 Å². The summed E-state index contributed by atoms with van der Waals surface area (Å²) in [5.41, 5.74) is 7.37. The van der Waals surface area contributed by atoms with Crippen LogP contribution in [0.3, 0.4) is 0 Å². The van der Waals surface area contributed by atoms with Crippen LogP contribution in [0.5, 0.6) is 5.75 Å². The Morgan fingerprint density at radius 3 is 2.58 bits per heavy atom. The highest BCUT2D eigenvalue weighted by atomic mass is 16.5. The normalized spacial score (nSPS) is 19.3. The summed E-state index contributed by atoms with van der Waals surface area (Å²) in [6.07, 6.45) is 5.46. The average Bonchev–Trinajstić information content (AvgIpc) is 2.95. The van der Waals surface area contributed by atoms with Crippen LogP contribution >= 0.6 is 0 Å². The number of ether oxygens (including phenoxy) is 2. The maximum atomic E-state index is 6.51. The standard InChI is InChI=1S/C16H25NO2/c1-3-12-19-14-9-5-4-8-13(14)15(17)16(18-2)10-6-7-11-16/h4-5,8-9,15H,3,6-7,10-12,17H2,1-2H3. The summed E-state index contributed by atoms with van der Waals surface area (Å²) in [5, 5.41) is 0. The van der Waals surface area contributed by atoms with E-state index >= 15 is 0 Å². The molecule has 0 aliphatic heterocycles. The second kappa shape index (κ2) is 6.40. The first-order valence-corrected chi connectivity index (χ1v) is 7.26. The number of hydrogen-bond acceptors (Lipinski definition) is 3. The molecule has 1 aromatic rings. The SMILES string of the molecule is CCCOc1ccccc1C(N)C1(OC)CCCC1. The molecule has 1 unspecified atom stereocenters. The molecule has 1 aromatic carbocycles. The Morgan fingerprint density at radius 2 is 1.95 bits per heavy atom. The van der Waals surface area contributed by atoms with Crippen molar-refractivity contribution in [1.82, 2.24) is 0 Å². The van der Waals surface area contributed by atoms with Crippen molar-refractivity contribution in [2.24, 2.45) is 5.73 Å². The number of hydrogen-bond donors (Lipinski definition) is 1. The molecule has 2 rings (SSSR count). The molecule has 1 fully saturated rings. The summed E-state index contributed by atoms with van der Waals surface area (Å²) in [5.74, 6) is 0.903. The minimum absolute atomic E-state index is 0.118. The van der Waals surface area contributed by atoms with E-state index < -0.39 is 0 Å². The largest absolute Gasteiger partial charge is 0.493 e. The molecule has 1 aliphatic carbocycles. The summed E-state index contributed by atoms with van der Waals surface area (Å²) in [6, 6.07) is 7.97. The van der Waals surface area contributed by atoms with Crippen LogP contribution in [0.4, 0.5) is 0 Å². The highest BCUT2D eigenvalue weighted by molar-refractivity contribution is 5.37. The molecule has 0 aromatic heterocycles. The zero-order chi connectivity index (χ0) is 13.7. The molecule has 0 heterocycles. The lowest BCUT2D eigenvalue weighted by Gasteiger charge is -2.34. The van der Waals surface area contributed by atoms with E-state index in [1.807, 2.05) is 18.2 Å². The molecule has 1 aliphatic rings. The first-order chi connectivity index (χ1) is 9.23. The zero-order valence-corrected chi connectivity index (χ0v) is 12.0. The Balaban J connectivity index is 2.24. The molecule has 0 bridgehead atoms. The van der Waals surface area contributed by atoms with Gasteiger partial charge in [0.1, 0.15) is 5.75 Å². The second-order valence-electron chi connectivity index (χ2n) is 5.34. The van der Waals surface area contributed by atoms with Gasteiger partial charge in [-0.05, 0) is 25.3 Å². The van der Waals surface area contributed by atoms with E-state index in [1.54, 1.807) is 7.11 Å². The molecule has 3 heteroatoms. The van der Waals surface area contributed by atoms with Crippen LogP contribution in [0.2, 0.25) is 0 Å². The van der Waals surface area contributed by atoms with Gasteiger partial charge in [0, 0.05) is 12.7 Å². The average molecular weight is 263 g/mol. The van der Waals surface area contributed by atoms with Crippen LogP contribution in [0, 0.1) is 0 Å². The molecule has 0 saturated heterocycles. The van der Waals surface area contributed by atoms with Crippen LogP contribution in [-0.4, -0.2) is 19.3 Å². The van der Waals surface area contributed by atoms with E-state index in [9.17, 15) is 0 Å². The van der Waals surface area contributed by atoms with Gasteiger partial charge < -0.3 is 15.2 Å². The third kappa shape index (κ3) is 2.93. The summed E-state index contributed by atoms with van der Waals surface area (Å²) < 4.78 is 11.6. The van der Waals surface area contributed by atoms with Gasteiger partial charge in [-0.15, -0.1) is 0 Å². The van der Waals surface area contributed by atoms with Crippen molar-refractivity contribution in [3.63, 3.8) is 0 Å². The molecule has 19 heavy (non-hydrogen) atoms. The fraction of sp³-hybridized carbons (Fsp3) is 0.625. The highest BCUT2D eigenvalue weighted by Crippen LogP contribution is 2.43. The Hall–Kier alpha value is -1.06. The first-order valence-electron chi connectivity index (χ1n) is 7.26. The quantitative estimate of drug-likeness (QED) is 0.855. The van der Waals surface area contributed by atoms with Crippen molar-refractivity contribution in [1.29, 1.82) is 0 Å². The lowest BCUT2D eigenvalue weighted by Crippen LogP contribution is -2.40. The Morgan fingerprint density at radius 1 is 1.26 bits per heavy atom. The summed E-state index contributed by atoms with van der Waals surface area (Å²) in [6.45, 7) is 2.83. The molecule has 0 spiro atoms. The lowest BCUT2D eigenvalue weighted by atomic mass is 9.87. The van der Waals surface area contributed by atoms with Crippen LogP contribution in [-0.2, 0) is 4.74 Å². The molecule has 1 atom stereocenters. The minimum atomic E-state index is -0.217. The van der Waals surface area contributed by atoms with Crippen molar-refractivity contribution in [3.8, 4) is 5.75 Å². The van der Waals surface area contributed by atoms with Crippen molar-refractivity contribution in [2.75, 3.05) is 13.7 Å². The maximum Gasteiger partial charge on any atom is 0.124 e. The van der Waals surface area contributed by atoms with Gasteiger partial charge in [0.15, 0.2) is 0 Å². The summed E-state index contributed by atoms with van der Waals surface area (Å²) >= 11 is 0. The molecule has 1 saturated carbocycles. The Labute approximate surface area is 116 Å². The highest BCUT2D eigenvalue weighted by Gasteiger charge is 2.41. The molecule has 0 radical (unpaired) electrons. The number of para-hydroxylation sites is 1. The number of benzene rings is 1. The molecular weight excluding hydrogens is 238 g/mol. The van der Waals surface area contributed by atoms with E-state index in [4.69, 9.17) is 15.2 Å². The van der Waals surface area contributed by atoms with Crippen molar-refractivity contribution in [3.05, 3.63) is 29.8 Å². The molecular formula is C16H25NO2. The summed E-state index contributed by atoms with van der Waals surface area (Å²) in [4.78, 5) is 0. The number of methoxy groups -OCH3 is 1. The third-order valence-corrected chi connectivity index (χ3v) is 4.14. The van der Waals surface area contributed by atoms with Crippen LogP contribution in [0.25, 0.3) is 0 Å². The van der Waals surface area contributed by atoms with Gasteiger partial charge in [-0.25, -0.2) is 0 Å². The predicted octanol–water partition coefficient (Wildman–Crippen LogP) is 3.43. The molecule has 0 amide bonds. The number of nitrogens with two attached hydrogens (primary N) is 1.